The molecule has 0 saturated carbocycles. The van der Waals surface area contributed by atoms with Gasteiger partial charge in [0.2, 0.25) is 0 Å². The summed E-state index contributed by atoms with van der Waals surface area (Å²) in [6.45, 7) is 0.972. The first kappa shape index (κ1) is 10.4. The van der Waals surface area contributed by atoms with Crippen LogP contribution in [0.15, 0.2) is 0 Å². The van der Waals surface area contributed by atoms with Crippen LogP contribution in [0.2, 0.25) is 9.26 Å². The predicted octanol–water partition coefficient (Wildman–Crippen LogP) is -0.457. The summed E-state index contributed by atoms with van der Waals surface area (Å²) in [4.78, 5) is 8.89. The molecule has 0 aliphatic rings. The second-order valence-electron chi connectivity index (χ2n) is 0.939. The Balaban J connectivity index is 0. The molecule has 0 heterocycles. The summed E-state index contributed by atoms with van der Waals surface area (Å²) < 4.78 is 4.61. The normalized spacial score (nSPS) is 6.14. The van der Waals surface area contributed by atoms with Gasteiger partial charge in [-0.25, -0.2) is 0 Å². The average molecular weight is 298 g/mol. The van der Waals surface area contributed by atoms with Crippen LogP contribution in [0, 0.1) is 0 Å². The monoisotopic (exact) mass is 298 g/mol. The van der Waals surface area contributed by atoms with Gasteiger partial charge in [0.15, 0.2) is 0 Å². The molecule has 42 valence electrons. The van der Waals surface area contributed by atoms with E-state index in [9.17, 15) is 0 Å². The van der Waals surface area contributed by atoms with Gasteiger partial charge in [0.05, 0.1) is 0 Å². The second kappa shape index (κ2) is 9.61. The summed E-state index contributed by atoms with van der Waals surface area (Å²) in [7, 11) is 0. The molecule has 0 unspecified atom stereocenters. The van der Waals surface area contributed by atoms with Crippen LogP contribution >= 0.6 is 0 Å². The van der Waals surface area contributed by atoms with E-state index in [0.29, 0.717) is 0 Å². The van der Waals surface area contributed by atoms with E-state index in [2.05, 4.69) is 9.26 Å². The number of carbonyl (C=O) groups excluding carboxylic acids is 1. The zero-order valence-electron chi connectivity index (χ0n) is 4.76. The SMILES string of the molecule is CC(=O)[O-].[CH3][Bi+][CH3]. The molecule has 2 radical (unpaired) electrons. The van der Waals surface area contributed by atoms with E-state index in [-0.39, 0.29) is 23.2 Å². The molecule has 0 aliphatic heterocycles. The van der Waals surface area contributed by atoms with E-state index in [4.69, 9.17) is 9.90 Å². The van der Waals surface area contributed by atoms with E-state index in [1.807, 2.05) is 0 Å². The fraction of sp³-hybridized carbons (Fsp3) is 0.750. The summed E-state index contributed by atoms with van der Waals surface area (Å²) in [6, 6.07) is 0. The van der Waals surface area contributed by atoms with Crippen molar-refractivity contribution in [2.75, 3.05) is 0 Å². The quantitative estimate of drug-likeness (QED) is 0.568. The third-order valence-corrected chi connectivity index (χ3v) is 0. The van der Waals surface area contributed by atoms with Gasteiger partial charge in [-0.2, -0.15) is 0 Å². The fourth-order valence-corrected chi connectivity index (χ4v) is 0. The molecule has 0 aromatic rings. The van der Waals surface area contributed by atoms with Crippen LogP contribution in [-0.4, -0.2) is 29.2 Å². The maximum atomic E-state index is 8.89. The Kier molecular flexibility index (Phi) is 14.2. The first-order valence-corrected chi connectivity index (χ1v) is 8.76. The van der Waals surface area contributed by atoms with Gasteiger partial charge in [-0.05, 0) is 6.92 Å². The van der Waals surface area contributed by atoms with Crippen molar-refractivity contribution < 1.29 is 9.90 Å². The molecule has 2 nitrogen and oxygen atoms in total. The Bertz CT molecular complexity index is 41.0. The molecule has 0 aliphatic carbocycles. The van der Waals surface area contributed by atoms with Crippen LogP contribution in [0.1, 0.15) is 6.92 Å². The van der Waals surface area contributed by atoms with Gasteiger partial charge in [0.25, 0.3) is 0 Å². The molecule has 0 rings (SSSR count). The topological polar surface area (TPSA) is 40.1 Å². The van der Waals surface area contributed by atoms with Gasteiger partial charge in [0, 0.05) is 5.97 Å². The van der Waals surface area contributed by atoms with Crippen molar-refractivity contribution in [3.63, 3.8) is 0 Å². The molecule has 0 N–H and O–H groups in total. The Morgan fingerprint density at radius 3 is 1.57 bits per heavy atom. The Labute approximate surface area is 55.5 Å². The van der Waals surface area contributed by atoms with E-state index in [1.165, 1.54) is 0 Å². The third kappa shape index (κ3) is 965. The second-order valence-corrected chi connectivity index (χ2v) is 4.42. The molecule has 0 amide bonds. The summed E-state index contributed by atoms with van der Waals surface area (Å²) in [5, 5.41) is 8.89. The van der Waals surface area contributed by atoms with Crippen LogP contribution in [0.4, 0.5) is 0 Å². The van der Waals surface area contributed by atoms with Crippen LogP contribution < -0.4 is 5.11 Å². The maximum absolute atomic E-state index is 8.89. The number of rotatable bonds is 0. The molecule has 0 aromatic heterocycles. The molecule has 0 atom stereocenters. The Morgan fingerprint density at radius 1 is 1.57 bits per heavy atom. The first-order chi connectivity index (χ1) is 3.15. The van der Waals surface area contributed by atoms with Crippen molar-refractivity contribution in [1.82, 2.24) is 0 Å². The van der Waals surface area contributed by atoms with Crippen LogP contribution in [0.5, 0.6) is 0 Å². The first-order valence-electron chi connectivity index (χ1n) is 1.80. The number of hydrogen-bond acceptors (Lipinski definition) is 2. The van der Waals surface area contributed by atoms with Crippen molar-refractivity contribution in [3.05, 3.63) is 0 Å². The van der Waals surface area contributed by atoms with Crippen molar-refractivity contribution in [2.45, 2.75) is 16.2 Å². The molecule has 0 fully saturated rings. The molecule has 3 heteroatoms. The van der Waals surface area contributed by atoms with Gasteiger partial charge < -0.3 is 9.90 Å². The van der Waals surface area contributed by atoms with Crippen molar-refractivity contribution in [3.8, 4) is 0 Å². The van der Waals surface area contributed by atoms with Crippen molar-refractivity contribution >= 4 is 29.2 Å². The Morgan fingerprint density at radius 2 is 1.57 bits per heavy atom. The van der Waals surface area contributed by atoms with Crippen LogP contribution in [0.25, 0.3) is 0 Å². The van der Waals surface area contributed by atoms with Crippen LogP contribution in [0.3, 0.4) is 0 Å². The van der Waals surface area contributed by atoms with Crippen molar-refractivity contribution in [2.24, 2.45) is 0 Å². The number of carboxylic acids is 1. The molecule has 7 heavy (non-hydrogen) atoms. The summed E-state index contributed by atoms with van der Waals surface area (Å²) in [5.74, 6) is -1.08. The van der Waals surface area contributed by atoms with E-state index in [0.717, 1.165) is 6.92 Å². The third-order valence-electron chi connectivity index (χ3n) is 0. The van der Waals surface area contributed by atoms with Gasteiger partial charge in [-0.1, -0.05) is 0 Å². The Hall–Kier alpha value is 0.353. The number of carbonyl (C=O) groups is 1. The summed E-state index contributed by atoms with van der Waals surface area (Å²) >= 11 is 0.167. The average Bonchev–Trinajstić information content (AvgIpc) is 1.33. The molecule has 0 bridgehead atoms. The molecule has 0 saturated heterocycles. The van der Waals surface area contributed by atoms with Crippen molar-refractivity contribution in [1.29, 1.82) is 0 Å². The van der Waals surface area contributed by atoms with Gasteiger partial charge in [-0.3, -0.25) is 0 Å². The van der Waals surface area contributed by atoms with Gasteiger partial charge >= 0.3 is 32.5 Å². The molecule has 0 spiro atoms. The number of carboxylic acid groups (broad SMARTS) is 1. The summed E-state index contributed by atoms with van der Waals surface area (Å²) in [6.07, 6.45) is 0. The molecule has 0 aromatic carbocycles. The predicted molar refractivity (Wildman–Crippen MR) is 28.2 cm³/mol. The summed E-state index contributed by atoms with van der Waals surface area (Å²) in [5.41, 5.74) is 0. The minimum absolute atomic E-state index is 0.167. The fourth-order valence-electron chi connectivity index (χ4n) is 0. The molecular weight excluding hydrogens is 289 g/mol. The van der Waals surface area contributed by atoms with E-state index >= 15 is 0 Å². The van der Waals surface area contributed by atoms with E-state index in [1.54, 1.807) is 0 Å². The van der Waals surface area contributed by atoms with Gasteiger partial charge in [-0.15, -0.1) is 0 Å². The number of aliphatic carboxylic acids is 1. The zero-order valence-corrected chi connectivity index (χ0v) is 8.24. The standard InChI is InChI=1S/C2H4O2.2CH3.Bi/c1-2(3)4;;;/h1H3,(H,3,4);2*1H3;/q;;;+1/p-1. The number of hydrogen-bond donors (Lipinski definition) is 0. The van der Waals surface area contributed by atoms with Crippen LogP contribution in [-0.2, 0) is 4.79 Å². The van der Waals surface area contributed by atoms with Gasteiger partial charge in [0.1, 0.15) is 0 Å². The molecular formula is C4H9BiO2. The zero-order chi connectivity index (χ0) is 6.28. The minimum atomic E-state index is -1.08. The van der Waals surface area contributed by atoms with E-state index < -0.39 is 5.97 Å².